The van der Waals surface area contributed by atoms with E-state index in [2.05, 4.69) is 101 Å². The van der Waals surface area contributed by atoms with Crippen LogP contribution < -0.4 is 0 Å². The molecule has 0 atom stereocenters. The molecule has 2 aliphatic rings. The molecular weight excluding hydrogens is 872 g/mol. The SMILES string of the molecule is CCC1=C(C)c2nc1c(Br)c1[nH]c(c(Br)c3nc(c(Br)c4[nH]c(c(C)c4CCC(=O)OC)c2Br)C(CCC(=O)OC)=C3C)c(CC)c1C. The van der Waals surface area contributed by atoms with Gasteiger partial charge in [0.1, 0.15) is 0 Å². The molecule has 3 aromatic rings. The van der Waals surface area contributed by atoms with E-state index in [1.165, 1.54) is 19.8 Å². The number of nitrogens with one attached hydrogen (secondary N) is 2. The first kappa shape index (κ1) is 36.7. The van der Waals surface area contributed by atoms with Crippen molar-refractivity contribution in [3.05, 3.63) is 62.9 Å². The van der Waals surface area contributed by atoms with E-state index in [-0.39, 0.29) is 24.8 Å². The molecule has 8 bridgehead atoms. The van der Waals surface area contributed by atoms with Crippen molar-refractivity contribution in [1.82, 2.24) is 19.9 Å². The van der Waals surface area contributed by atoms with Gasteiger partial charge in [-0.25, -0.2) is 9.97 Å². The molecule has 0 aliphatic carbocycles. The van der Waals surface area contributed by atoms with Crippen molar-refractivity contribution >= 4 is 120 Å². The number of methoxy groups -OCH3 is 2. The molecule has 5 heterocycles. The van der Waals surface area contributed by atoms with Crippen LogP contribution in [0.2, 0.25) is 0 Å². The van der Waals surface area contributed by atoms with Gasteiger partial charge >= 0.3 is 11.9 Å². The summed E-state index contributed by atoms with van der Waals surface area (Å²) < 4.78 is 13.3. The summed E-state index contributed by atoms with van der Waals surface area (Å²) in [5.41, 5.74) is 15.2. The Kier molecular flexibility index (Phi) is 11.3. The Balaban J connectivity index is 2.05. The minimum Gasteiger partial charge on any atom is -0.469 e. The number of ether oxygens (including phenoxy) is 2. The van der Waals surface area contributed by atoms with Gasteiger partial charge < -0.3 is 19.4 Å². The van der Waals surface area contributed by atoms with Crippen molar-refractivity contribution in [2.24, 2.45) is 0 Å². The van der Waals surface area contributed by atoms with Crippen LogP contribution in [0.3, 0.4) is 0 Å². The zero-order chi connectivity index (χ0) is 35.2. The van der Waals surface area contributed by atoms with Crippen molar-refractivity contribution in [3.8, 4) is 0 Å². The number of hydrogen-bond donors (Lipinski definition) is 2. The third-order valence-electron chi connectivity index (χ3n) is 9.42. The number of hydrogen-bond acceptors (Lipinski definition) is 6. The quantitative estimate of drug-likeness (QED) is 0.218. The van der Waals surface area contributed by atoms with Gasteiger partial charge in [-0.3, -0.25) is 9.59 Å². The van der Waals surface area contributed by atoms with Gasteiger partial charge in [-0.2, -0.15) is 0 Å². The number of H-pyrrole nitrogens is 2. The van der Waals surface area contributed by atoms with Gasteiger partial charge in [0.05, 0.1) is 77.0 Å². The molecule has 8 nitrogen and oxygen atoms in total. The van der Waals surface area contributed by atoms with Crippen LogP contribution in [-0.2, 0) is 31.9 Å². The summed E-state index contributed by atoms with van der Waals surface area (Å²) in [6, 6.07) is 0. The first-order chi connectivity index (χ1) is 22.8. The third-order valence-corrected chi connectivity index (χ3v) is 12.5. The van der Waals surface area contributed by atoms with Crippen LogP contribution in [0.15, 0.2) is 17.9 Å². The van der Waals surface area contributed by atoms with Gasteiger partial charge in [-0.05, 0) is 162 Å². The van der Waals surface area contributed by atoms with E-state index in [9.17, 15) is 9.59 Å². The number of aromatic nitrogens is 4. The topological polar surface area (TPSA) is 110 Å². The van der Waals surface area contributed by atoms with Crippen molar-refractivity contribution < 1.29 is 19.1 Å². The number of esters is 2. The second kappa shape index (κ2) is 14.7. The maximum absolute atomic E-state index is 12.4. The second-order valence-electron chi connectivity index (χ2n) is 11.9. The lowest BCUT2D eigenvalue weighted by Crippen LogP contribution is -2.02. The predicted molar refractivity (Wildman–Crippen MR) is 208 cm³/mol. The number of carbonyl (C=O) groups is 2. The Bertz CT molecular complexity index is 2110. The zero-order valence-electron chi connectivity index (χ0n) is 28.3. The lowest BCUT2D eigenvalue weighted by Gasteiger charge is -2.07. The fourth-order valence-electron chi connectivity index (χ4n) is 6.66. The Hall–Kier alpha value is -2.54. The van der Waals surface area contributed by atoms with Crippen LogP contribution in [0.1, 0.15) is 98.4 Å². The van der Waals surface area contributed by atoms with Crippen molar-refractivity contribution in [2.45, 2.75) is 80.1 Å². The van der Waals surface area contributed by atoms with E-state index < -0.39 is 0 Å². The fraction of sp³-hybridized carbons (Fsp3) is 0.389. The number of aryl methyl sites for hydroxylation is 4. The summed E-state index contributed by atoms with van der Waals surface area (Å²) in [5, 5.41) is 0. The van der Waals surface area contributed by atoms with E-state index in [0.717, 1.165) is 109 Å². The van der Waals surface area contributed by atoms with Crippen LogP contribution in [0, 0.1) is 13.8 Å². The van der Waals surface area contributed by atoms with Crippen LogP contribution in [-0.4, -0.2) is 46.1 Å². The Morgan fingerprint density at radius 2 is 1.00 bits per heavy atom. The molecule has 0 saturated heterocycles. The highest BCUT2D eigenvalue weighted by Gasteiger charge is 2.27. The molecule has 0 radical (unpaired) electrons. The molecule has 5 rings (SSSR count). The van der Waals surface area contributed by atoms with Crippen molar-refractivity contribution in [2.75, 3.05) is 14.2 Å². The van der Waals surface area contributed by atoms with E-state index in [4.69, 9.17) is 19.4 Å². The number of carbonyl (C=O) groups excluding carboxylic acids is 2. The summed E-state index contributed by atoms with van der Waals surface area (Å²) in [7, 11) is 2.80. The second-order valence-corrected chi connectivity index (χ2v) is 15.1. The largest absolute Gasteiger partial charge is 0.469 e. The zero-order valence-corrected chi connectivity index (χ0v) is 34.6. The van der Waals surface area contributed by atoms with Gasteiger partial charge in [-0.1, -0.05) is 13.8 Å². The van der Waals surface area contributed by atoms with Gasteiger partial charge in [-0.15, -0.1) is 0 Å². The number of aromatic amines is 2. The number of nitrogens with zero attached hydrogens (tertiary/aromatic N) is 2. The highest BCUT2D eigenvalue weighted by Crippen LogP contribution is 2.45. The third kappa shape index (κ3) is 6.31. The predicted octanol–water partition coefficient (Wildman–Crippen LogP) is 10.9. The maximum Gasteiger partial charge on any atom is 0.305 e. The number of allylic oxidation sites excluding steroid dienone is 4. The molecule has 0 unspecified atom stereocenters. The summed E-state index contributed by atoms with van der Waals surface area (Å²) in [6.07, 6.45) is 2.90. The van der Waals surface area contributed by atoms with Crippen LogP contribution in [0.4, 0.5) is 0 Å². The van der Waals surface area contributed by atoms with Gasteiger partial charge in [0.15, 0.2) is 0 Å². The summed E-state index contributed by atoms with van der Waals surface area (Å²) in [4.78, 5) is 42.6. The van der Waals surface area contributed by atoms with E-state index in [1.54, 1.807) is 0 Å². The molecule has 0 amide bonds. The van der Waals surface area contributed by atoms with Gasteiger partial charge in [0, 0.05) is 12.8 Å². The Labute approximate surface area is 314 Å². The summed E-state index contributed by atoms with van der Waals surface area (Å²) in [6.45, 7) is 12.6. The van der Waals surface area contributed by atoms with Crippen LogP contribution in [0.25, 0.3) is 44.4 Å². The van der Waals surface area contributed by atoms with E-state index in [0.29, 0.717) is 18.5 Å². The molecule has 0 saturated carbocycles. The number of rotatable bonds is 8. The molecular formula is C36H38Br4N4O4. The van der Waals surface area contributed by atoms with E-state index >= 15 is 0 Å². The molecule has 0 spiro atoms. The molecule has 254 valence electrons. The van der Waals surface area contributed by atoms with Crippen LogP contribution in [0.5, 0.6) is 0 Å². The standard InChI is InChI=1S/C36H38Br4N4O4/c1-9-19-15(3)29-25(37)31-17(5)21(11-13-23(45)47-7)35(43-31)28(40)36-22(12-14-24(46)48-8)18(6)32(44-36)27(39)34-20(10-2)16(4)30(42-34)26(38)33(19)41-29/h42-43H,9-14H2,1-8H3. The fourth-order valence-corrected chi connectivity index (χ4v) is 9.56. The minimum atomic E-state index is -0.294. The first-order valence-electron chi connectivity index (χ1n) is 15.8. The smallest absolute Gasteiger partial charge is 0.305 e. The molecule has 3 aromatic heterocycles. The van der Waals surface area contributed by atoms with Crippen molar-refractivity contribution in [1.29, 1.82) is 0 Å². The van der Waals surface area contributed by atoms with E-state index in [1.807, 2.05) is 13.8 Å². The molecule has 0 fully saturated rings. The molecule has 2 aliphatic heterocycles. The maximum atomic E-state index is 12.4. The molecule has 0 aromatic carbocycles. The Morgan fingerprint density at radius 3 is 1.52 bits per heavy atom. The number of fused-ring (bicyclic) bond motifs is 8. The summed E-state index contributed by atoms with van der Waals surface area (Å²) in [5.74, 6) is -0.585. The highest BCUT2D eigenvalue weighted by atomic mass is 79.9. The molecule has 12 heteroatoms. The van der Waals surface area contributed by atoms with Gasteiger partial charge in [0.2, 0.25) is 0 Å². The average Bonchev–Trinajstić information content (AvgIpc) is 3.80. The minimum absolute atomic E-state index is 0.203. The number of halogens is 4. The molecule has 48 heavy (non-hydrogen) atoms. The van der Waals surface area contributed by atoms with Crippen LogP contribution >= 0.6 is 63.7 Å². The lowest BCUT2D eigenvalue weighted by molar-refractivity contribution is -0.141. The summed E-state index contributed by atoms with van der Waals surface area (Å²) >= 11 is 15.8. The van der Waals surface area contributed by atoms with Gasteiger partial charge in [0.25, 0.3) is 0 Å². The first-order valence-corrected chi connectivity index (χ1v) is 19.0. The Morgan fingerprint density at radius 1 is 0.583 bits per heavy atom. The monoisotopic (exact) mass is 906 g/mol. The average molecular weight is 910 g/mol. The highest BCUT2D eigenvalue weighted by molar-refractivity contribution is 9.11. The normalized spacial score (nSPS) is 13.1. The lowest BCUT2D eigenvalue weighted by atomic mass is 10.00. The molecule has 2 N–H and O–H groups in total. The van der Waals surface area contributed by atoms with Crippen molar-refractivity contribution in [3.63, 3.8) is 0 Å².